The quantitative estimate of drug-likeness (QED) is 0.718. The van der Waals surface area contributed by atoms with E-state index in [9.17, 15) is 9.90 Å². The number of aromatic hydroxyl groups is 1. The summed E-state index contributed by atoms with van der Waals surface area (Å²) in [6.07, 6.45) is 0. The molecular formula is C13H12O2. The molecule has 0 spiro atoms. The lowest BCUT2D eigenvalue weighted by Gasteiger charge is -2.05. The molecule has 2 aromatic rings. The maximum Gasteiger partial charge on any atom is 0.159 e. The third kappa shape index (κ3) is 1.59. The molecule has 15 heavy (non-hydrogen) atoms. The summed E-state index contributed by atoms with van der Waals surface area (Å²) < 4.78 is 0. The van der Waals surface area contributed by atoms with Crippen molar-refractivity contribution < 1.29 is 9.90 Å². The average Bonchev–Trinajstić information content (AvgIpc) is 2.23. The third-order valence-corrected chi connectivity index (χ3v) is 2.67. The van der Waals surface area contributed by atoms with Gasteiger partial charge in [-0.15, -0.1) is 0 Å². The predicted molar refractivity (Wildman–Crippen MR) is 60.4 cm³/mol. The number of aryl methyl sites for hydroxylation is 1. The topological polar surface area (TPSA) is 37.3 Å². The van der Waals surface area contributed by atoms with E-state index in [0.29, 0.717) is 5.56 Å². The van der Waals surface area contributed by atoms with E-state index in [1.54, 1.807) is 19.1 Å². The lowest BCUT2D eigenvalue weighted by Crippen LogP contribution is -1.91. The summed E-state index contributed by atoms with van der Waals surface area (Å²) in [5, 5.41) is 11.5. The first kappa shape index (κ1) is 9.71. The van der Waals surface area contributed by atoms with Crippen molar-refractivity contribution in [3.8, 4) is 5.75 Å². The van der Waals surface area contributed by atoms with E-state index in [2.05, 4.69) is 0 Å². The smallest absolute Gasteiger partial charge is 0.159 e. The standard InChI is InChI=1S/C13H12O2/c1-8-12-5-3-10(9(2)14)7-11(12)4-6-13(8)15/h3-7,15H,1-2H3. The Morgan fingerprint density at radius 3 is 2.60 bits per heavy atom. The van der Waals surface area contributed by atoms with Crippen molar-refractivity contribution >= 4 is 16.6 Å². The molecule has 0 heterocycles. The fraction of sp³-hybridized carbons (Fsp3) is 0.154. The Kier molecular flexibility index (Phi) is 2.19. The molecule has 0 saturated carbocycles. The van der Waals surface area contributed by atoms with E-state index in [1.165, 1.54) is 0 Å². The predicted octanol–water partition coefficient (Wildman–Crippen LogP) is 3.06. The molecule has 0 fully saturated rings. The number of rotatable bonds is 1. The minimum atomic E-state index is 0.0580. The number of Topliss-reactive ketones (excluding diaryl/α,β-unsaturated/α-hetero) is 1. The van der Waals surface area contributed by atoms with Gasteiger partial charge in [0.2, 0.25) is 0 Å². The lowest BCUT2D eigenvalue weighted by atomic mass is 10.0. The van der Waals surface area contributed by atoms with Gasteiger partial charge in [0.25, 0.3) is 0 Å². The number of hydrogen-bond donors (Lipinski definition) is 1. The van der Waals surface area contributed by atoms with Gasteiger partial charge in [0.05, 0.1) is 0 Å². The fourth-order valence-electron chi connectivity index (χ4n) is 1.69. The van der Waals surface area contributed by atoms with Crippen LogP contribution in [-0.2, 0) is 0 Å². The highest BCUT2D eigenvalue weighted by Gasteiger charge is 2.04. The van der Waals surface area contributed by atoms with Crippen LogP contribution in [0.1, 0.15) is 22.8 Å². The summed E-state index contributed by atoms with van der Waals surface area (Å²) in [4.78, 5) is 11.2. The minimum absolute atomic E-state index is 0.0580. The van der Waals surface area contributed by atoms with Crippen molar-refractivity contribution in [1.29, 1.82) is 0 Å². The van der Waals surface area contributed by atoms with Crippen LogP contribution in [0.15, 0.2) is 30.3 Å². The van der Waals surface area contributed by atoms with Crippen LogP contribution < -0.4 is 0 Å². The van der Waals surface area contributed by atoms with Crippen molar-refractivity contribution in [2.45, 2.75) is 13.8 Å². The number of hydrogen-bond acceptors (Lipinski definition) is 2. The number of benzene rings is 2. The van der Waals surface area contributed by atoms with E-state index >= 15 is 0 Å². The maximum atomic E-state index is 11.2. The Morgan fingerprint density at radius 1 is 1.20 bits per heavy atom. The highest BCUT2D eigenvalue weighted by atomic mass is 16.3. The molecule has 0 radical (unpaired) electrons. The van der Waals surface area contributed by atoms with Gasteiger partial charge in [0.15, 0.2) is 5.78 Å². The molecule has 2 rings (SSSR count). The zero-order chi connectivity index (χ0) is 11.0. The summed E-state index contributed by atoms with van der Waals surface area (Å²) >= 11 is 0. The number of fused-ring (bicyclic) bond motifs is 1. The zero-order valence-corrected chi connectivity index (χ0v) is 8.74. The normalized spacial score (nSPS) is 10.5. The van der Waals surface area contributed by atoms with Crippen LogP contribution in [0.2, 0.25) is 0 Å². The summed E-state index contributed by atoms with van der Waals surface area (Å²) in [5.41, 5.74) is 1.55. The third-order valence-electron chi connectivity index (χ3n) is 2.67. The molecule has 76 valence electrons. The first-order chi connectivity index (χ1) is 7.09. The minimum Gasteiger partial charge on any atom is -0.508 e. The molecule has 2 heteroatoms. The molecule has 2 nitrogen and oxygen atoms in total. The maximum absolute atomic E-state index is 11.2. The molecule has 0 aliphatic carbocycles. The second-order valence-corrected chi connectivity index (χ2v) is 3.70. The van der Waals surface area contributed by atoms with Crippen LogP contribution >= 0.6 is 0 Å². The molecule has 0 unspecified atom stereocenters. The van der Waals surface area contributed by atoms with Gasteiger partial charge < -0.3 is 5.11 Å². The van der Waals surface area contributed by atoms with Crippen molar-refractivity contribution in [2.75, 3.05) is 0 Å². The SMILES string of the molecule is CC(=O)c1ccc2c(C)c(O)ccc2c1. The lowest BCUT2D eigenvalue weighted by molar-refractivity contribution is 0.101. The molecule has 0 amide bonds. The van der Waals surface area contributed by atoms with Gasteiger partial charge in [0.1, 0.15) is 5.75 Å². The molecule has 0 aromatic heterocycles. The van der Waals surface area contributed by atoms with Crippen LogP contribution in [-0.4, -0.2) is 10.9 Å². The van der Waals surface area contributed by atoms with Gasteiger partial charge in [0, 0.05) is 5.56 Å². The van der Waals surface area contributed by atoms with Crippen molar-refractivity contribution in [3.05, 3.63) is 41.5 Å². The number of carbonyl (C=O) groups excluding carboxylic acids is 1. The van der Waals surface area contributed by atoms with Gasteiger partial charge in [-0.1, -0.05) is 18.2 Å². The molecular weight excluding hydrogens is 188 g/mol. The van der Waals surface area contributed by atoms with E-state index in [4.69, 9.17) is 0 Å². The van der Waals surface area contributed by atoms with Crippen molar-refractivity contribution in [1.82, 2.24) is 0 Å². The number of phenolic OH excluding ortho intramolecular Hbond substituents is 1. The Bertz CT molecular complexity index is 541. The summed E-state index contributed by atoms with van der Waals surface area (Å²) in [7, 11) is 0. The van der Waals surface area contributed by atoms with Crippen LogP contribution in [0, 0.1) is 6.92 Å². The molecule has 0 bridgehead atoms. The fourth-order valence-corrected chi connectivity index (χ4v) is 1.69. The average molecular weight is 200 g/mol. The molecule has 0 atom stereocenters. The van der Waals surface area contributed by atoms with Gasteiger partial charge in [-0.05, 0) is 42.3 Å². The summed E-state index contributed by atoms with van der Waals surface area (Å²) in [6, 6.07) is 8.99. The Morgan fingerprint density at radius 2 is 1.93 bits per heavy atom. The zero-order valence-electron chi connectivity index (χ0n) is 8.74. The van der Waals surface area contributed by atoms with Crippen LogP contribution in [0.3, 0.4) is 0 Å². The van der Waals surface area contributed by atoms with Crippen molar-refractivity contribution in [3.63, 3.8) is 0 Å². The molecule has 2 aromatic carbocycles. The molecule has 0 saturated heterocycles. The van der Waals surface area contributed by atoms with E-state index in [1.807, 2.05) is 25.1 Å². The first-order valence-corrected chi connectivity index (χ1v) is 4.83. The first-order valence-electron chi connectivity index (χ1n) is 4.83. The van der Waals surface area contributed by atoms with Gasteiger partial charge >= 0.3 is 0 Å². The van der Waals surface area contributed by atoms with E-state index in [-0.39, 0.29) is 11.5 Å². The summed E-state index contributed by atoms with van der Waals surface area (Å²) in [6.45, 7) is 3.42. The number of phenols is 1. The molecule has 0 aliphatic heterocycles. The highest BCUT2D eigenvalue weighted by Crippen LogP contribution is 2.26. The van der Waals surface area contributed by atoms with Crippen molar-refractivity contribution in [2.24, 2.45) is 0 Å². The van der Waals surface area contributed by atoms with Gasteiger partial charge in [-0.25, -0.2) is 0 Å². The summed E-state index contributed by atoms with van der Waals surface area (Å²) in [5.74, 6) is 0.348. The monoisotopic (exact) mass is 200 g/mol. The Hall–Kier alpha value is -1.83. The van der Waals surface area contributed by atoms with Gasteiger partial charge in [-0.3, -0.25) is 4.79 Å². The van der Waals surface area contributed by atoms with E-state index in [0.717, 1.165) is 16.3 Å². The Labute approximate surface area is 88.2 Å². The number of ketones is 1. The van der Waals surface area contributed by atoms with Crippen LogP contribution in [0.25, 0.3) is 10.8 Å². The largest absolute Gasteiger partial charge is 0.508 e. The Balaban J connectivity index is 2.75. The highest BCUT2D eigenvalue weighted by molar-refractivity contribution is 5.99. The molecule has 1 N–H and O–H groups in total. The molecule has 0 aliphatic rings. The second-order valence-electron chi connectivity index (χ2n) is 3.70. The van der Waals surface area contributed by atoms with Crippen LogP contribution in [0.5, 0.6) is 5.75 Å². The van der Waals surface area contributed by atoms with Crippen LogP contribution in [0.4, 0.5) is 0 Å². The number of carbonyl (C=O) groups is 1. The van der Waals surface area contributed by atoms with E-state index < -0.39 is 0 Å². The van der Waals surface area contributed by atoms with Gasteiger partial charge in [-0.2, -0.15) is 0 Å². The second kappa shape index (κ2) is 3.39.